The Morgan fingerprint density at radius 1 is 1.09 bits per heavy atom. The van der Waals surface area contributed by atoms with Gasteiger partial charge in [0.2, 0.25) is 5.84 Å². The summed E-state index contributed by atoms with van der Waals surface area (Å²) in [6.45, 7) is 1.85. The van der Waals surface area contributed by atoms with Crippen molar-refractivity contribution in [1.82, 2.24) is 0 Å². The van der Waals surface area contributed by atoms with Gasteiger partial charge in [0, 0.05) is 13.0 Å². The number of rotatable bonds is 3. The van der Waals surface area contributed by atoms with Gasteiger partial charge in [-0.1, -0.05) is 35.4 Å². The van der Waals surface area contributed by atoms with Crippen LogP contribution in [0.2, 0.25) is 0 Å². The molecule has 0 saturated heterocycles. The third-order valence-corrected chi connectivity index (χ3v) is 3.08. The average Bonchev–Trinajstić information content (AvgIpc) is 2.90. The number of nitro benzene ring substituents is 1. The van der Waals surface area contributed by atoms with Crippen LogP contribution in [0.25, 0.3) is 0 Å². The first-order valence-corrected chi connectivity index (χ1v) is 6.44. The smallest absolute Gasteiger partial charge is 0.296 e. The molecule has 7 nitrogen and oxygen atoms in total. The van der Waals surface area contributed by atoms with Crippen LogP contribution in [0.3, 0.4) is 0 Å². The second kappa shape index (κ2) is 6.42. The minimum absolute atomic E-state index is 0. The summed E-state index contributed by atoms with van der Waals surface area (Å²) < 4.78 is 0. The van der Waals surface area contributed by atoms with E-state index in [1.165, 1.54) is 6.07 Å². The number of para-hydroxylation sites is 3. The Morgan fingerprint density at radius 2 is 1.73 bits per heavy atom. The summed E-state index contributed by atoms with van der Waals surface area (Å²) in [4.78, 5) is 10.8. The van der Waals surface area contributed by atoms with Gasteiger partial charge in [-0.2, -0.15) is 5.43 Å². The van der Waals surface area contributed by atoms with Crippen molar-refractivity contribution in [1.29, 1.82) is 0 Å². The summed E-state index contributed by atoms with van der Waals surface area (Å²) in [5, 5.41) is 18.9. The molecule has 1 aliphatic heterocycles. The second-order valence-electron chi connectivity index (χ2n) is 4.59. The summed E-state index contributed by atoms with van der Waals surface area (Å²) in [5.41, 5.74) is 3.17. The number of nitrogens with two attached hydrogens (primary N) is 1. The second-order valence-corrected chi connectivity index (χ2v) is 4.59. The summed E-state index contributed by atoms with van der Waals surface area (Å²) in [6.07, 6.45) is 0. The predicted molar refractivity (Wildman–Crippen MR) is 79.5 cm³/mol. The lowest BCUT2D eigenvalue weighted by Crippen LogP contribution is -3.00. The summed E-state index contributed by atoms with van der Waals surface area (Å²) >= 11 is 0. The van der Waals surface area contributed by atoms with Crippen LogP contribution in [0.1, 0.15) is 6.92 Å². The van der Waals surface area contributed by atoms with E-state index < -0.39 is 4.92 Å². The van der Waals surface area contributed by atoms with E-state index in [9.17, 15) is 10.1 Å². The molecule has 0 bridgehead atoms. The summed E-state index contributed by atoms with van der Waals surface area (Å²) in [5.74, 6) is 0.775. The van der Waals surface area contributed by atoms with Crippen LogP contribution in [0.15, 0.2) is 59.7 Å². The lowest BCUT2D eigenvalue weighted by molar-refractivity contribution is -0.547. The van der Waals surface area contributed by atoms with Crippen molar-refractivity contribution in [2.45, 2.75) is 6.92 Å². The standard InChI is InChI=1S/C14H13N5O2.ClH/c1-11-15-17(12-7-3-2-4-8-12)18(16-11)13-9-5-6-10-14(13)19(20)21;/h2-10H,1H3,(H,15,16);1H. The van der Waals surface area contributed by atoms with E-state index in [0.29, 0.717) is 5.69 Å². The highest BCUT2D eigenvalue weighted by Gasteiger charge is 2.32. The quantitative estimate of drug-likeness (QED) is 0.431. The fraction of sp³-hybridized carbons (Fsp3) is 0.0714. The fourth-order valence-corrected chi connectivity index (χ4v) is 2.18. The Balaban J connectivity index is 0.00000176. The Kier molecular flexibility index (Phi) is 4.59. The Bertz CT molecular complexity index is 707. The SMILES string of the molecule is CC1=NN(c2ccccc2[N+](=O)[O-])N(c2ccccc2)[NH2+]1.[Cl-]. The van der Waals surface area contributed by atoms with Crippen molar-refractivity contribution < 1.29 is 22.8 Å². The first-order valence-electron chi connectivity index (χ1n) is 6.44. The molecular formula is C14H14ClN5O2. The van der Waals surface area contributed by atoms with Gasteiger partial charge in [0.05, 0.1) is 4.92 Å². The largest absolute Gasteiger partial charge is 1.00 e. The van der Waals surface area contributed by atoms with Crippen LogP contribution < -0.4 is 28.1 Å². The predicted octanol–water partition coefficient (Wildman–Crippen LogP) is -1.35. The van der Waals surface area contributed by atoms with Crippen LogP contribution >= 0.6 is 0 Å². The first-order chi connectivity index (χ1) is 10.2. The van der Waals surface area contributed by atoms with Crippen LogP contribution in [-0.2, 0) is 0 Å². The van der Waals surface area contributed by atoms with Gasteiger partial charge in [0.1, 0.15) is 5.69 Å². The van der Waals surface area contributed by atoms with Crippen molar-refractivity contribution in [3.05, 3.63) is 64.7 Å². The minimum atomic E-state index is -0.401. The number of hydrazine groups is 1. The minimum Gasteiger partial charge on any atom is -1.00 e. The molecule has 114 valence electrons. The van der Waals surface area contributed by atoms with Gasteiger partial charge in [-0.15, -0.1) is 10.2 Å². The molecule has 0 aliphatic carbocycles. The number of amidine groups is 1. The van der Waals surface area contributed by atoms with Crippen molar-refractivity contribution in [2.24, 2.45) is 5.10 Å². The zero-order valence-electron chi connectivity index (χ0n) is 11.8. The molecule has 0 radical (unpaired) electrons. The molecule has 8 heteroatoms. The Hall–Kier alpha value is -2.64. The first kappa shape index (κ1) is 15.7. The average molecular weight is 320 g/mol. The number of anilines is 2. The zero-order chi connectivity index (χ0) is 14.8. The van der Waals surface area contributed by atoms with E-state index in [1.54, 1.807) is 28.4 Å². The Morgan fingerprint density at radius 3 is 2.41 bits per heavy atom. The van der Waals surface area contributed by atoms with Gasteiger partial charge in [-0.05, 0) is 18.2 Å². The molecule has 2 N–H and O–H groups in total. The zero-order valence-corrected chi connectivity index (χ0v) is 12.5. The topological polar surface area (TPSA) is 78.6 Å². The van der Waals surface area contributed by atoms with Crippen molar-refractivity contribution in [3.63, 3.8) is 0 Å². The molecule has 2 aromatic carbocycles. The number of benzene rings is 2. The lowest BCUT2D eigenvalue weighted by Gasteiger charge is -2.23. The van der Waals surface area contributed by atoms with E-state index in [0.717, 1.165) is 11.5 Å². The van der Waals surface area contributed by atoms with Gasteiger partial charge in [-0.25, -0.2) is 0 Å². The Labute approximate surface area is 133 Å². The maximum atomic E-state index is 11.2. The maximum Gasteiger partial charge on any atom is 0.296 e. The van der Waals surface area contributed by atoms with Gasteiger partial charge in [0.25, 0.3) is 5.69 Å². The molecule has 0 unspecified atom stereocenters. The van der Waals surface area contributed by atoms with Crippen LogP contribution in [0, 0.1) is 10.1 Å². The third-order valence-electron chi connectivity index (χ3n) is 3.08. The van der Waals surface area contributed by atoms with Crippen LogP contribution in [-0.4, -0.2) is 10.8 Å². The van der Waals surface area contributed by atoms with Gasteiger partial charge in [-0.3, -0.25) is 10.1 Å². The highest BCUT2D eigenvalue weighted by Crippen LogP contribution is 2.30. The third kappa shape index (κ3) is 2.85. The summed E-state index contributed by atoms with van der Waals surface area (Å²) in [7, 11) is 0. The van der Waals surface area contributed by atoms with E-state index in [-0.39, 0.29) is 18.1 Å². The van der Waals surface area contributed by atoms with E-state index in [1.807, 2.05) is 42.7 Å². The molecule has 0 amide bonds. The molecule has 0 spiro atoms. The molecule has 3 rings (SSSR count). The van der Waals surface area contributed by atoms with E-state index in [4.69, 9.17) is 0 Å². The van der Waals surface area contributed by atoms with E-state index >= 15 is 0 Å². The van der Waals surface area contributed by atoms with Crippen molar-refractivity contribution in [3.8, 4) is 0 Å². The molecular weight excluding hydrogens is 306 g/mol. The van der Waals surface area contributed by atoms with Gasteiger partial charge < -0.3 is 12.4 Å². The monoisotopic (exact) mass is 319 g/mol. The number of hydrazone groups is 1. The number of nitro groups is 1. The maximum absolute atomic E-state index is 11.2. The fourth-order valence-electron chi connectivity index (χ4n) is 2.18. The molecule has 0 atom stereocenters. The van der Waals surface area contributed by atoms with Crippen LogP contribution in [0.5, 0.6) is 0 Å². The molecule has 1 aliphatic rings. The number of hydrogen-bond donors (Lipinski definition) is 1. The number of nitrogens with zero attached hydrogens (tertiary/aromatic N) is 4. The van der Waals surface area contributed by atoms with Gasteiger partial charge >= 0.3 is 0 Å². The summed E-state index contributed by atoms with van der Waals surface area (Å²) in [6, 6.07) is 16.1. The molecule has 0 aromatic heterocycles. The van der Waals surface area contributed by atoms with E-state index in [2.05, 4.69) is 5.10 Å². The van der Waals surface area contributed by atoms with Crippen molar-refractivity contribution in [2.75, 3.05) is 10.2 Å². The lowest BCUT2D eigenvalue weighted by atomic mass is 10.2. The van der Waals surface area contributed by atoms with Gasteiger partial charge in [0.15, 0.2) is 5.69 Å². The highest BCUT2D eigenvalue weighted by molar-refractivity contribution is 5.77. The molecule has 0 saturated carbocycles. The normalized spacial score (nSPS) is 13.6. The molecule has 2 aromatic rings. The number of halogens is 1. The molecule has 1 heterocycles. The highest BCUT2D eigenvalue weighted by atomic mass is 35.5. The van der Waals surface area contributed by atoms with Crippen molar-refractivity contribution >= 4 is 22.9 Å². The number of hydrogen-bond acceptors (Lipinski definition) is 5. The molecule has 22 heavy (non-hydrogen) atoms. The number of quaternary nitrogens is 1. The van der Waals surface area contributed by atoms with Crippen LogP contribution in [0.4, 0.5) is 17.1 Å². The molecule has 0 fully saturated rings.